The molecule has 3 aromatic rings. The lowest BCUT2D eigenvalue weighted by Crippen LogP contribution is -2.38. The van der Waals surface area contributed by atoms with Crippen molar-refractivity contribution in [3.8, 4) is 0 Å². The second kappa shape index (κ2) is 8.98. The Bertz CT molecular complexity index is 1100. The molecule has 0 saturated heterocycles. The van der Waals surface area contributed by atoms with Crippen molar-refractivity contribution in [2.75, 3.05) is 16.8 Å². The number of rotatable bonds is 4. The van der Waals surface area contributed by atoms with Crippen LogP contribution < -0.4 is 10.2 Å². The van der Waals surface area contributed by atoms with Crippen LogP contribution in [0.3, 0.4) is 0 Å². The van der Waals surface area contributed by atoms with Crippen LogP contribution in [0.5, 0.6) is 0 Å². The van der Waals surface area contributed by atoms with E-state index in [-0.39, 0.29) is 23.6 Å². The number of anilines is 2. The number of amides is 2. The Balaban J connectivity index is 1.60. The Morgan fingerprint density at radius 1 is 1.00 bits per heavy atom. The molecule has 0 aromatic heterocycles. The molecule has 0 fully saturated rings. The van der Waals surface area contributed by atoms with Gasteiger partial charge in [-0.1, -0.05) is 60.2 Å². The van der Waals surface area contributed by atoms with Gasteiger partial charge in [-0.15, -0.1) is 11.8 Å². The first-order valence-corrected chi connectivity index (χ1v) is 11.3. The summed E-state index contributed by atoms with van der Waals surface area (Å²) in [7, 11) is 0. The molecule has 2 amide bonds. The molecule has 4 rings (SSSR count). The van der Waals surface area contributed by atoms with Crippen molar-refractivity contribution in [2.24, 2.45) is 0 Å². The van der Waals surface area contributed by atoms with Crippen LogP contribution in [0.25, 0.3) is 0 Å². The monoisotopic (exact) mass is 430 g/mol. The zero-order chi connectivity index (χ0) is 22.0. The van der Waals surface area contributed by atoms with Crippen LogP contribution >= 0.6 is 11.8 Å². The van der Waals surface area contributed by atoms with Crippen LogP contribution in [0.1, 0.15) is 33.9 Å². The Morgan fingerprint density at radius 3 is 2.35 bits per heavy atom. The molecule has 1 unspecified atom stereocenters. The molecule has 1 N–H and O–H groups in total. The van der Waals surface area contributed by atoms with E-state index in [0.29, 0.717) is 6.42 Å². The van der Waals surface area contributed by atoms with Gasteiger partial charge >= 0.3 is 0 Å². The third-order valence-corrected chi connectivity index (χ3v) is 6.82. The SMILES string of the molecule is Cc1cc(C)c(NC(=O)CN2C(=O)CC(c3ccccc3)Sc3ccccc32)c(C)c1. The second-order valence-electron chi connectivity index (χ2n) is 7.99. The highest BCUT2D eigenvalue weighted by Gasteiger charge is 2.30. The third-order valence-electron chi connectivity index (χ3n) is 5.50. The standard InChI is InChI=1S/C26H26N2O2S/c1-17-13-18(2)26(19(3)14-17)27-24(29)16-28-21-11-7-8-12-22(21)31-23(15-25(28)30)20-9-5-4-6-10-20/h4-14,23H,15-16H2,1-3H3,(H,27,29). The van der Waals surface area contributed by atoms with Gasteiger partial charge in [-0.05, 0) is 49.6 Å². The first kappa shape index (κ1) is 21.2. The van der Waals surface area contributed by atoms with Crippen molar-refractivity contribution >= 4 is 35.0 Å². The lowest BCUT2D eigenvalue weighted by Gasteiger charge is -2.23. The zero-order valence-corrected chi connectivity index (χ0v) is 18.8. The number of nitrogens with one attached hydrogen (secondary N) is 1. The molecular weight excluding hydrogens is 404 g/mol. The average molecular weight is 431 g/mol. The maximum absolute atomic E-state index is 13.3. The summed E-state index contributed by atoms with van der Waals surface area (Å²) in [6.07, 6.45) is 0.346. The molecule has 0 bridgehead atoms. The number of fused-ring (bicyclic) bond motifs is 1. The first-order chi connectivity index (χ1) is 14.9. The normalized spacial score (nSPS) is 15.9. The molecule has 0 spiro atoms. The zero-order valence-electron chi connectivity index (χ0n) is 18.0. The maximum Gasteiger partial charge on any atom is 0.244 e. The summed E-state index contributed by atoms with van der Waals surface area (Å²) in [4.78, 5) is 28.9. The van der Waals surface area contributed by atoms with E-state index in [1.54, 1.807) is 16.7 Å². The van der Waals surface area contributed by atoms with E-state index in [1.807, 2.05) is 63.2 Å². The van der Waals surface area contributed by atoms with Crippen LogP contribution in [0.15, 0.2) is 71.6 Å². The first-order valence-electron chi connectivity index (χ1n) is 10.4. The Kier molecular flexibility index (Phi) is 6.14. The van der Waals surface area contributed by atoms with Crippen molar-refractivity contribution in [2.45, 2.75) is 37.3 Å². The largest absolute Gasteiger partial charge is 0.324 e. The van der Waals surface area contributed by atoms with Crippen molar-refractivity contribution < 1.29 is 9.59 Å². The Labute approximate surface area is 187 Å². The van der Waals surface area contributed by atoms with Crippen molar-refractivity contribution in [3.05, 3.63) is 89.0 Å². The van der Waals surface area contributed by atoms with Gasteiger partial charge in [-0.3, -0.25) is 9.59 Å². The van der Waals surface area contributed by atoms with Crippen LogP contribution in [0.4, 0.5) is 11.4 Å². The maximum atomic E-state index is 13.3. The van der Waals surface area contributed by atoms with Crippen LogP contribution in [0.2, 0.25) is 0 Å². The summed E-state index contributed by atoms with van der Waals surface area (Å²) in [6.45, 7) is 6.01. The molecule has 3 aromatic carbocycles. The number of nitrogens with zero attached hydrogens (tertiary/aromatic N) is 1. The predicted molar refractivity (Wildman–Crippen MR) is 128 cm³/mol. The summed E-state index contributed by atoms with van der Waals surface area (Å²) in [6, 6.07) is 22.0. The highest BCUT2D eigenvalue weighted by atomic mass is 32.2. The van der Waals surface area contributed by atoms with Gasteiger partial charge in [0.1, 0.15) is 6.54 Å². The molecule has 5 heteroatoms. The number of para-hydroxylation sites is 1. The van der Waals surface area contributed by atoms with E-state index in [0.717, 1.165) is 38.5 Å². The molecule has 0 saturated carbocycles. The Morgan fingerprint density at radius 2 is 1.65 bits per heavy atom. The van der Waals surface area contributed by atoms with Crippen LogP contribution in [-0.4, -0.2) is 18.4 Å². The van der Waals surface area contributed by atoms with E-state index in [2.05, 4.69) is 29.6 Å². The number of thioether (sulfide) groups is 1. The third kappa shape index (κ3) is 4.67. The molecule has 1 atom stereocenters. The van der Waals surface area contributed by atoms with Gasteiger partial charge in [0, 0.05) is 22.3 Å². The van der Waals surface area contributed by atoms with Crippen molar-refractivity contribution in [1.82, 2.24) is 0 Å². The van der Waals surface area contributed by atoms with Gasteiger partial charge in [-0.2, -0.15) is 0 Å². The molecule has 0 aliphatic carbocycles. The smallest absolute Gasteiger partial charge is 0.244 e. The van der Waals surface area contributed by atoms with Crippen molar-refractivity contribution in [3.63, 3.8) is 0 Å². The number of hydrogen-bond donors (Lipinski definition) is 1. The average Bonchev–Trinajstić information content (AvgIpc) is 2.88. The number of aryl methyl sites for hydroxylation is 3. The molecule has 4 nitrogen and oxygen atoms in total. The fraction of sp³-hybridized carbons (Fsp3) is 0.231. The van der Waals surface area contributed by atoms with Gasteiger partial charge in [0.15, 0.2) is 0 Å². The molecular formula is C26H26N2O2S. The molecule has 1 heterocycles. The minimum Gasteiger partial charge on any atom is -0.324 e. The van der Waals surface area contributed by atoms with Crippen LogP contribution in [-0.2, 0) is 9.59 Å². The Hall–Kier alpha value is -3.05. The summed E-state index contributed by atoms with van der Waals surface area (Å²) in [5.74, 6) is -0.236. The minimum atomic E-state index is -0.193. The summed E-state index contributed by atoms with van der Waals surface area (Å²) in [5, 5.41) is 3.05. The quantitative estimate of drug-likeness (QED) is 0.567. The number of hydrogen-bond acceptors (Lipinski definition) is 3. The highest BCUT2D eigenvalue weighted by molar-refractivity contribution is 7.99. The van der Waals surface area contributed by atoms with Gasteiger partial charge < -0.3 is 10.2 Å². The van der Waals surface area contributed by atoms with E-state index in [1.165, 1.54) is 0 Å². The van der Waals surface area contributed by atoms with Gasteiger partial charge in [0.05, 0.1) is 5.69 Å². The van der Waals surface area contributed by atoms with E-state index < -0.39 is 0 Å². The molecule has 158 valence electrons. The topological polar surface area (TPSA) is 49.4 Å². The second-order valence-corrected chi connectivity index (χ2v) is 9.24. The van der Waals surface area contributed by atoms with Crippen LogP contribution in [0, 0.1) is 20.8 Å². The van der Waals surface area contributed by atoms with E-state index >= 15 is 0 Å². The van der Waals surface area contributed by atoms with E-state index in [4.69, 9.17) is 0 Å². The van der Waals surface area contributed by atoms with Gasteiger partial charge in [-0.25, -0.2) is 0 Å². The highest BCUT2D eigenvalue weighted by Crippen LogP contribution is 2.45. The summed E-state index contributed by atoms with van der Waals surface area (Å²) < 4.78 is 0. The molecule has 1 aliphatic heterocycles. The fourth-order valence-corrected chi connectivity index (χ4v) is 5.39. The molecule has 0 radical (unpaired) electrons. The lowest BCUT2D eigenvalue weighted by atomic mass is 10.1. The van der Waals surface area contributed by atoms with Crippen molar-refractivity contribution in [1.29, 1.82) is 0 Å². The minimum absolute atomic E-state index is 0.00925. The summed E-state index contributed by atoms with van der Waals surface area (Å²) >= 11 is 1.68. The molecule has 1 aliphatic rings. The number of carbonyl (C=O) groups is 2. The van der Waals surface area contributed by atoms with Gasteiger partial charge in [0.2, 0.25) is 11.8 Å². The van der Waals surface area contributed by atoms with Gasteiger partial charge in [0.25, 0.3) is 0 Å². The number of benzene rings is 3. The predicted octanol–water partition coefficient (Wildman–Crippen LogP) is 5.82. The lowest BCUT2D eigenvalue weighted by molar-refractivity contribution is -0.121. The fourth-order valence-electron chi connectivity index (χ4n) is 4.10. The molecule has 31 heavy (non-hydrogen) atoms. The number of carbonyl (C=O) groups excluding carboxylic acids is 2. The summed E-state index contributed by atoms with van der Waals surface area (Å²) in [5.41, 5.74) is 5.94. The van der Waals surface area contributed by atoms with E-state index in [9.17, 15) is 9.59 Å².